The molecule has 0 atom stereocenters. The van der Waals surface area contributed by atoms with Crippen molar-refractivity contribution in [1.29, 1.82) is 0 Å². The first-order valence-corrected chi connectivity index (χ1v) is 11.6. The first-order valence-electron chi connectivity index (χ1n) is 10.2. The van der Waals surface area contributed by atoms with Crippen LogP contribution < -0.4 is 4.31 Å². The van der Waals surface area contributed by atoms with Crippen LogP contribution in [0, 0.1) is 13.8 Å². The van der Waals surface area contributed by atoms with Gasteiger partial charge in [-0.2, -0.15) is 4.31 Å². The molecule has 0 spiro atoms. The van der Waals surface area contributed by atoms with Gasteiger partial charge in [0.05, 0.1) is 10.6 Å². The smallest absolute Gasteiger partial charge is 0.268 e. The quantitative estimate of drug-likeness (QED) is 0.493. The average Bonchev–Trinajstić information content (AvgIpc) is 2.75. The molecular weight excluding hydrogens is 394 g/mol. The molecule has 0 aliphatic rings. The standard InChI is InChI=1S/C25H27NO3S/c1-4-5-9-21-13-16-23(17-14-21)26(30(28,29)24-10-7-6-8-11-24)25(27)22-15-12-19(2)20(3)18-22/h6-8,10-18H,4-5,9H2,1-3H3. The molecule has 0 aliphatic heterocycles. The van der Waals surface area contributed by atoms with E-state index in [-0.39, 0.29) is 4.90 Å². The third-order valence-corrected chi connectivity index (χ3v) is 6.93. The van der Waals surface area contributed by atoms with Crippen molar-refractivity contribution in [2.24, 2.45) is 0 Å². The number of sulfonamides is 1. The number of carbonyl (C=O) groups is 1. The number of anilines is 1. The maximum Gasteiger partial charge on any atom is 0.272 e. The minimum absolute atomic E-state index is 0.0808. The number of hydrogen-bond donors (Lipinski definition) is 0. The Balaban J connectivity index is 2.09. The lowest BCUT2D eigenvalue weighted by molar-refractivity contribution is 0.101. The van der Waals surface area contributed by atoms with Gasteiger partial charge in [0.15, 0.2) is 0 Å². The third-order valence-electron chi connectivity index (χ3n) is 5.21. The molecule has 3 aromatic rings. The summed E-state index contributed by atoms with van der Waals surface area (Å²) < 4.78 is 27.8. The zero-order valence-electron chi connectivity index (χ0n) is 17.6. The van der Waals surface area contributed by atoms with Crippen LogP contribution >= 0.6 is 0 Å². The third kappa shape index (κ3) is 4.62. The first kappa shape index (κ1) is 21.8. The zero-order valence-corrected chi connectivity index (χ0v) is 18.4. The lowest BCUT2D eigenvalue weighted by Gasteiger charge is -2.23. The Morgan fingerprint density at radius 1 is 0.867 bits per heavy atom. The lowest BCUT2D eigenvalue weighted by atomic mass is 10.1. The van der Waals surface area contributed by atoms with Crippen LogP contribution in [0.2, 0.25) is 0 Å². The van der Waals surface area contributed by atoms with Crippen molar-refractivity contribution < 1.29 is 13.2 Å². The molecule has 0 aromatic heterocycles. The second-order valence-corrected chi connectivity index (χ2v) is 9.24. The highest BCUT2D eigenvalue weighted by Gasteiger charge is 2.31. The SMILES string of the molecule is CCCCc1ccc(N(C(=O)c2ccc(C)c(C)c2)S(=O)(=O)c2ccccc2)cc1. The molecule has 0 aliphatic carbocycles. The summed E-state index contributed by atoms with van der Waals surface area (Å²) in [7, 11) is -4.07. The number of nitrogens with zero attached hydrogens (tertiary/aromatic N) is 1. The van der Waals surface area contributed by atoms with Crippen LogP contribution in [-0.2, 0) is 16.4 Å². The van der Waals surface area contributed by atoms with E-state index in [0.717, 1.165) is 40.3 Å². The van der Waals surface area contributed by atoms with Gasteiger partial charge in [-0.25, -0.2) is 8.42 Å². The molecule has 5 heteroatoms. The Bertz CT molecular complexity index is 1120. The van der Waals surface area contributed by atoms with Crippen LogP contribution in [0.3, 0.4) is 0 Å². The molecule has 0 unspecified atom stereocenters. The number of unbranched alkanes of at least 4 members (excludes halogenated alkanes) is 1. The van der Waals surface area contributed by atoms with Crippen molar-refractivity contribution in [3.05, 3.63) is 95.1 Å². The van der Waals surface area contributed by atoms with E-state index in [1.807, 2.05) is 32.0 Å². The minimum Gasteiger partial charge on any atom is -0.268 e. The number of hydrogen-bond acceptors (Lipinski definition) is 3. The van der Waals surface area contributed by atoms with E-state index in [2.05, 4.69) is 6.92 Å². The number of rotatable bonds is 7. The van der Waals surface area contributed by atoms with Crippen LogP contribution in [0.15, 0.2) is 77.7 Å². The number of carbonyl (C=O) groups excluding carboxylic acids is 1. The topological polar surface area (TPSA) is 54.5 Å². The van der Waals surface area contributed by atoms with Crippen LogP contribution in [0.5, 0.6) is 0 Å². The van der Waals surface area contributed by atoms with Crippen LogP contribution in [0.25, 0.3) is 0 Å². The zero-order chi connectivity index (χ0) is 21.7. The van der Waals surface area contributed by atoms with Crippen molar-refractivity contribution in [3.8, 4) is 0 Å². The highest BCUT2D eigenvalue weighted by molar-refractivity contribution is 7.93. The van der Waals surface area contributed by atoms with Gasteiger partial charge in [-0.1, -0.05) is 49.7 Å². The predicted octanol–water partition coefficient (Wildman–Crippen LogP) is 5.68. The molecule has 30 heavy (non-hydrogen) atoms. The van der Waals surface area contributed by atoms with E-state index in [9.17, 15) is 13.2 Å². The highest BCUT2D eigenvalue weighted by Crippen LogP contribution is 2.27. The summed E-state index contributed by atoms with van der Waals surface area (Å²) in [5.74, 6) is -0.566. The molecule has 156 valence electrons. The molecule has 3 rings (SSSR count). The normalized spacial score (nSPS) is 11.3. The van der Waals surface area contributed by atoms with Gasteiger partial charge in [-0.15, -0.1) is 0 Å². The van der Waals surface area contributed by atoms with Gasteiger partial charge in [-0.3, -0.25) is 4.79 Å². The molecule has 0 saturated carbocycles. The van der Waals surface area contributed by atoms with E-state index in [1.165, 1.54) is 12.1 Å². The van der Waals surface area contributed by atoms with Gasteiger partial charge in [0.1, 0.15) is 0 Å². The molecule has 0 fully saturated rings. The van der Waals surface area contributed by atoms with E-state index in [0.29, 0.717) is 11.3 Å². The lowest BCUT2D eigenvalue weighted by Crippen LogP contribution is -2.37. The average molecular weight is 422 g/mol. The summed E-state index contributed by atoms with van der Waals surface area (Å²) in [6, 6.07) is 20.5. The van der Waals surface area contributed by atoms with Crippen molar-refractivity contribution in [3.63, 3.8) is 0 Å². The van der Waals surface area contributed by atoms with E-state index < -0.39 is 15.9 Å². The molecule has 0 bridgehead atoms. The summed E-state index contributed by atoms with van der Waals surface area (Å²) in [6.45, 7) is 5.99. The van der Waals surface area contributed by atoms with Crippen molar-refractivity contribution >= 4 is 21.6 Å². The van der Waals surface area contributed by atoms with Crippen LogP contribution in [-0.4, -0.2) is 14.3 Å². The fourth-order valence-electron chi connectivity index (χ4n) is 3.23. The second kappa shape index (κ2) is 9.26. The largest absolute Gasteiger partial charge is 0.272 e. The number of benzene rings is 3. The van der Waals surface area contributed by atoms with Gasteiger partial charge in [0.25, 0.3) is 15.9 Å². The Kier molecular flexibility index (Phi) is 6.73. The molecular formula is C25H27NO3S. The number of aryl methyl sites for hydroxylation is 3. The van der Waals surface area contributed by atoms with Crippen LogP contribution in [0.4, 0.5) is 5.69 Å². The monoisotopic (exact) mass is 421 g/mol. The minimum atomic E-state index is -4.07. The summed E-state index contributed by atoms with van der Waals surface area (Å²) >= 11 is 0. The summed E-state index contributed by atoms with van der Waals surface area (Å²) in [5, 5.41) is 0. The Morgan fingerprint density at radius 3 is 2.13 bits per heavy atom. The van der Waals surface area contributed by atoms with Crippen LogP contribution in [0.1, 0.15) is 46.8 Å². The highest BCUT2D eigenvalue weighted by atomic mass is 32.2. The molecule has 0 saturated heterocycles. The summed E-state index contributed by atoms with van der Waals surface area (Å²) in [4.78, 5) is 13.5. The Hall–Kier alpha value is -2.92. The molecule has 3 aromatic carbocycles. The summed E-state index contributed by atoms with van der Waals surface area (Å²) in [5.41, 5.74) is 3.78. The molecule has 4 nitrogen and oxygen atoms in total. The first-order chi connectivity index (χ1) is 14.3. The van der Waals surface area contributed by atoms with E-state index >= 15 is 0 Å². The van der Waals surface area contributed by atoms with Gasteiger partial charge in [-0.05, 0) is 79.8 Å². The fraction of sp³-hybridized carbons (Fsp3) is 0.240. The number of amides is 1. The molecule has 1 amide bonds. The maximum atomic E-state index is 13.5. The maximum absolute atomic E-state index is 13.5. The van der Waals surface area contributed by atoms with E-state index in [1.54, 1.807) is 42.5 Å². The van der Waals surface area contributed by atoms with Gasteiger partial charge in [0.2, 0.25) is 0 Å². The van der Waals surface area contributed by atoms with E-state index in [4.69, 9.17) is 0 Å². The van der Waals surface area contributed by atoms with Crippen molar-refractivity contribution in [2.45, 2.75) is 44.9 Å². The Morgan fingerprint density at radius 2 is 1.53 bits per heavy atom. The Labute approximate surface area is 179 Å². The van der Waals surface area contributed by atoms with Gasteiger partial charge >= 0.3 is 0 Å². The molecule has 0 N–H and O–H groups in total. The molecule has 0 radical (unpaired) electrons. The van der Waals surface area contributed by atoms with Gasteiger partial charge < -0.3 is 0 Å². The fourth-order valence-corrected chi connectivity index (χ4v) is 4.67. The van der Waals surface area contributed by atoms with Gasteiger partial charge in [0, 0.05) is 5.56 Å². The molecule has 0 heterocycles. The predicted molar refractivity (Wildman–Crippen MR) is 121 cm³/mol. The summed E-state index contributed by atoms with van der Waals surface area (Å²) in [6.07, 6.45) is 3.07. The van der Waals surface area contributed by atoms with Crippen molar-refractivity contribution in [1.82, 2.24) is 0 Å². The van der Waals surface area contributed by atoms with Crippen molar-refractivity contribution in [2.75, 3.05) is 4.31 Å². The second-order valence-electron chi connectivity index (χ2n) is 7.46.